The second-order valence-electron chi connectivity index (χ2n) is 6.05. The minimum atomic E-state index is -1.25. The molecule has 1 aliphatic heterocycles. The molecule has 1 saturated heterocycles. The van der Waals surface area contributed by atoms with Crippen molar-refractivity contribution in [3.05, 3.63) is 29.8 Å². The minimum absolute atomic E-state index is 0.0607. The molecule has 0 aromatic heterocycles. The van der Waals surface area contributed by atoms with E-state index in [1.165, 1.54) is 0 Å². The van der Waals surface area contributed by atoms with Crippen LogP contribution in [0.2, 0.25) is 0 Å². The molecule has 0 bridgehead atoms. The van der Waals surface area contributed by atoms with Crippen LogP contribution >= 0.6 is 0 Å². The van der Waals surface area contributed by atoms with E-state index in [-0.39, 0.29) is 37.4 Å². The number of carbonyl (C=O) groups is 3. The van der Waals surface area contributed by atoms with Gasteiger partial charge in [0.05, 0.1) is 7.11 Å². The highest BCUT2D eigenvalue weighted by Crippen LogP contribution is 2.21. The summed E-state index contributed by atoms with van der Waals surface area (Å²) in [6.45, 7) is 0.616. The number of carboxylic acids is 1. The lowest BCUT2D eigenvalue weighted by Gasteiger charge is -2.33. The monoisotopic (exact) mass is 349 g/mol. The molecule has 0 aliphatic carbocycles. The molecule has 2 rings (SSSR count). The number of carbonyl (C=O) groups excluding carboxylic acids is 2. The van der Waals surface area contributed by atoms with Crippen LogP contribution in [-0.4, -0.2) is 48.6 Å². The van der Waals surface area contributed by atoms with E-state index in [0.717, 1.165) is 0 Å². The van der Waals surface area contributed by atoms with Crippen molar-refractivity contribution in [2.75, 3.05) is 20.3 Å². The molecule has 1 amide bonds. The maximum atomic E-state index is 12.1. The lowest BCUT2D eigenvalue weighted by molar-refractivity contribution is -0.152. The molecule has 0 atom stereocenters. The van der Waals surface area contributed by atoms with Crippen LogP contribution < -0.4 is 10.1 Å². The van der Waals surface area contributed by atoms with Crippen molar-refractivity contribution in [2.45, 2.75) is 37.6 Å². The van der Waals surface area contributed by atoms with E-state index in [1.54, 1.807) is 31.4 Å². The average Bonchev–Trinajstić information content (AvgIpc) is 2.62. The Morgan fingerprint density at radius 1 is 1.16 bits per heavy atom. The summed E-state index contributed by atoms with van der Waals surface area (Å²) in [5.74, 6) is -0.786. The molecule has 7 nitrogen and oxygen atoms in total. The summed E-state index contributed by atoms with van der Waals surface area (Å²) in [5.41, 5.74) is -0.692. The van der Waals surface area contributed by atoms with Crippen LogP contribution in [0.1, 0.15) is 42.5 Å². The van der Waals surface area contributed by atoms with Gasteiger partial charge in [-0.2, -0.15) is 0 Å². The lowest BCUT2D eigenvalue weighted by Crippen LogP contribution is -2.57. The first-order chi connectivity index (χ1) is 12.0. The number of aliphatic carboxylic acids is 1. The molecule has 7 heteroatoms. The predicted molar refractivity (Wildman–Crippen MR) is 89.7 cm³/mol. The summed E-state index contributed by atoms with van der Waals surface area (Å²) in [4.78, 5) is 35.7. The number of carboxylic acid groups (broad SMARTS) is 1. The summed E-state index contributed by atoms with van der Waals surface area (Å²) >= 11 is 0. The normalized spacial score (nSPS) is 16.0. The van der Waals surface area contributed by atoms with Crippen molar-refractivity contribution in [2.24, 2.45) is 0 Å². The zero-order valence-corrected chi connectivity index (χ0v) is 14.2. The Bertz CT molecular complexity index is 619. The molecular weight excluding hydrogens is 326 g/mol. The zero-order chi connectivity index (χ0) is 18.3. The van der Waals surface area contributed by atoms with Crippen molar-refractivity contribution < 1.29 is 29.0 Å². The Labute approximate surface area is 146 Å². The molecule has 1 aromatic carbocycles. The van der Waals surface area contributed by atoms with Crippen LogP contribution in [0.15, 0.2) is 24.3 Å². The number of benzene rings is 1. The summed E-state index contributed by atoms with van der Waals surface area (Å²) in [6, 6.07) is 6.79. The number of hydrogen-bond acceptors (Lipinski definition) is 5. The van der Waals surface area contributed by atoms with Gasteiger partial charge in [0, 0.05) is 44.5 Å². The van der Waals surface area contributed by atoms with Gasteiger partial charge in [0.25, 0.3) is 0 Å². The molecule has 0 spiro atoms. The molecule has 0 unspecified atom stereocenters. The van der Waals surface area contributed by atoms with Crippen LogP contribution in [0.4, 0.5) is 0 Å². The van der Waals surface area contributed by atoms with E-state index in [2.05, 4.69) is 5.32 Å². The second-order valence-corrected chi connectivity index (χ2v) is 6.05. The van der Waals surface area contributed by atoms with Crippen molar-refractivity contribution in [3.8, 4) is 5.75 Å². The highest BCUT2D eigenvalue weighted by molar-refractivity contribution is 5.96. The van der Waals surface area contributed by atoms with E-state index in [9.17, 15) is 19.5 Å². The topological polar surface area (TPSA) is 102 Å². The number of ether oxygens (including phenoxy) is 2. The van der Waals surface area contributed by atoms with Crippen LogP contribution in [0.25, 0.3) is 0 Å². The van der Waals surface area contributed by atoms with Crippen molar-refractivity contribution >= 4 is 17.7 Å². The Hall–Kier alpha value is -2.41. The molecule has 1 aromatic rings. The van der Waals surface area contributed by atoms with Gasteiger partial charge in [-0.15, -0.1) is 0 Å². The second kappa shape index (κ2) is 8.62. The molecule has 25 heavy (non-hydrogen) atoms. The van der Waals surface area contributed by atoms with Gasteiger partial charge in [-0.3, -0.25) is 9.59 Å². The molecular formula is C18H23NO6. The fourth-order valence-corrected chi connectivity index (χ4v) is 2.77. The van der Waals surface area contributed by atoms with Crippen molar-refractivity contribution in [3.63, 3.8) is 0 Å². The highest BCUT2D eigenvalue weighted by atomic mass is 16.5. The van der Waals surface area contributed by atoms with Crippen LogP contribution in [0, 0.1) is 0 Å². The van der Waals surface area contributed by atoms with Crippen molar-refractivity contribution in [1.29, 1.82) is 0 Å². The molecule has 1 aliphatic rings. The smallest absolute Gasteiger partial charge is 0.329 e. The molecule has 1 fully saturated rings. The Kier molecular flexibility index (Phi) is 6.52. The standard InChI is InChI=1S/C18H23NO6/c1-24-14-7-5-13(6-8-14)15(20)3-2-4-16(21)19-18(17(22)23)9-11-25-12-10-18/h5-8H,2-4,9-12H2,1H3,(H,19,21)(H,22,23). The van der Waals surface area contributed by atoms with E-state index >= 15 is 0 Å². The Balaban J connectivity index is 1.81. The fourth-order valence-electron chi connectivity index (χ4n) is 2.77. The van der Waals surface area contributed by atoms with E-state index < -0.39 is 11.5 Å². The van der Waals surface area contributed by atoms with Crippen LogP contribution in [-0.2, 0) is 14.3 Å². The predicted octanol–water partition coefficient (Wildman–Crippen LogP) is 1.80. The van der Waals surface area contributed by atoms with Gasteiger partial charge in [0.1, 0.15) is 11.3 Å². The third kappa shape index (κ3) is 5.03. The van der Waals surface area contributed by atoms with Gasteiger partial charge >= 0.3 is 5.97 Å². The Morgan fingerprint density at radius 2 is 1.80 bits per heavy atom. The third-order valence-electron chi connectivity index (χ3n) is 4.35. The first kappa shape index (κ1) is 18.9. The van der Waals surface area contributed by atoms with Gasteiger partial charge in [0.15, 0.2) is 5.78 Å². The van der Waals surface area contributed by atoms with Gasteiger partial charge < -0.3 is 19.9 Å². The third-order valence-corrected chi connectivity index (χ3v) is 4.35. The van der Waals surface area contributed by atoms with Gasteiger partial charge in [0.2, 0.25) is 5.91 Å². The summed E-state index contributed by atoms with van der Waals surface area (Å²) in [6.07, 6.45) is 1.20. The molecule has 136 valence electrons. The Morgan fingerprint density at radius 3 is 2.36 bits per heavy atom. The number of Topliss-reactive ketones (excluding diaryl/α,β-unsaturated/α-hetero) is 1. The maximum Gasteiger partial charge on any atom is 0.329 e. The average molecular weight is 349 g/mol. The summed E-state index contributed by atoms with van der Waals surface area (Å²) in [5, 5.41) is 12.0. The molecule has 2 N–H and O–H groups in total. The minimum Gasteiger partial charge on any atom is -0.497 e. The number of ketones is 1. The first-order valence-electron chi connectivity index (χ1n) is 8.26. The van der Waals surface area contributed by atoms with Gasteiger partial charge in [-0.1, -0.05) is 0 Å². The number of rotatable bonds is 8. The fraction of sp³-hybridized carbons (Fsp3) is 0.500. The number of methoxy groups -OCH3 is 1. The SMILES string of the molecule is COc1ccc(C(=O)CCCC(=O)NC2(C(=O)O)CCOCC2)cc1. The van der Waals surface area contributed by atoms with E-state index in [1.807, 2.05) is 0 Å². The summed E-state index contributed by atoms with van der Waals surface area (Å²) < 4.78 is 10.2. The van der Waals surface area contributed by atoms with Crippen molar-refractivity contribution in [1.82, 2.24) is 5.32 Å². The van der Waals surface area contributed by atoms with E-state index in [4.69, 9.17) is 9.47 Å². The maximum absolute atomic E-state index is 12.1. The summed E-state index contributed by atoms with van der Waals surface area (Å²) in [7, 11) is 1.55. The van der Waals surface area contributed by atoms with Gasteiger partial charge in [-0.25, -0.2) is 4.79 Å². The molecule has 0 saturated carbocycles. The van der Waals surface area contributed by atoms with Crippen LogP contribution in [0.5, 0.6) is 5.75 Å². The highest BCUT2D eigenvalue weighted by Gasteiger charge is 2.41. The van der Waals surface area contributed by atoms with Gasteiger partial charge in [-0.05, 0) is 30.7 Å². The largest absolute Gasteiger partial charge is 0.497 e. The number of amides is 1. The lowest BCUT2D eigenvalue weighted by atomic mass is 9.90. The number of nitrogens with one attached hydrogen (secondary N) is 1. The zero-order valence-electron chi connectivity index (χ0n) is 14.2. The molecule has 1 heterocycles. The quantitative estimate of drug-likeness (QED) is 0.694. The van der Waals surface area contributed by atoms with E-state index in [0.29, 0.717) is 30.9 Å². The number of hydrogen-bond donors (Lipinski definition) is 2. The first-order valence-corrected chi connectivity index (χ1v) is 8.26. The van der Waals surface area contributed by atoms with Crippen LogP contribution in [0.3, 0.4) is 0 Å². The molecule has 0 radical (unpaired) electrons.